The number of amides is 1. The number of carbonyl (C=O) groups excluding carboxylic acids is 1. The Kier molecular flexibility index (Phi) is 4.88. The van der Waals surface area contributed by atoms with Gasteiger partial charge < -0.3 is 10.4 Å². The molecular formula is C15H17F2NO3. The van der Waals surface area contributed by atoms with E-state index in [1.54, 1.807) is 0 Å². The normalized spacial score (nSPS) is 22.4. The second-order valence-corrected chi connectivity index (χ2v) is 5.26. The largest absolute Gasteiger partial charge is 0.481 e. The second-order valence-electron chi connectivity index (χ2n) is 5.26. The molecule has 0 heterocycles. The van der Waals surface area contributed by atoms with Crippen molar-refractivity contribution in [3.05, 3.63) is 35.4 Å². The molecule has 0 bridgehead atoms. The van der Waals surface area contributed by atoms with Gasteiger partial charge in [-0.1, -0.05) is 25.3 Å². The quantitative estimate of drug-likeness (QED) is 0.843. The molecule has 1 aromatic rings. The first-order chi connectivity index (χ1) is 10.0. The minimum atomic E-state index is -0.990. The van der Waals surface area contributed by atoms with Crippen molar-refractivity contribution in [3.8, 4) is 0 Å². The van der Waals surface area contributed by atoms with Crippen LogP contribution in [-0.2, 0) is 4.79 Å². The van der Waals surface area contributed by atoms with Crippen LogP contribution in [0.25, 0.3) is 0 Å². The number of benzene rings is 1. The Hall–Kier alpha value is -1.98. The molecule has 0 aromatic heterocycles. The van der Waals surface area contributed by atoms with Gasteiger partial charge >= 0.3 is 5.97 Å². The molecule has 1 aliphatic carbocycles. The summed E-state index contributed by atoms with van der Waals surface area (Å²) in [5.74, 6) is -4.51. The van der Waals surface area contributed by atoms with Crippen molar-refractivity contribution in [2.75, 3.05) is 0 Å². The van der Waals surface area contributed by atoms with Crippen LogP contribution in [-0.4, -0.2) is 23.0 Å². The Labute approximate surface area is 121 Å². The zero-order valence-electron chi connectivity index (χ0n) is 11.4. The van der Waals surface area contributed by atoms with E-state index < -0.39 is 41.0 Å². The van der Waals surface area contributed by atoms with Crippen LogP contribution in [0.2, 0.25) is 0 Å². The average Bonchev–Trinajstić information content (AvgIpc) is 2.64. The lowest BCUT2D eigenvalue weighted by Crippen LogP contribution is -2.43. The van der Waals surface area contributed by atoms with Crippen molar-refractivity contribution >= 4 is 11.9 Å². The van der Waals surface area contributed by atoms with Gasteiger partial charge in [0.25, 0.3) is 5.91 Å². The van der Waals surface area contributed by atoms with Gasteiger partial charge in [-0.2, -0.15) is 0 Å². The Balaban J connectivity index is 2.18. The summed E-state index contributed by atoms with van der Waals surface area (Å²) in [6.07, 6.45) is 3.41. The van der Waals surface area contributed by atoms with Gasteiger partial charge in [0.2, 0.25) is 0 Å². The van der Waals surface area contributed by atoms with E-state index in [-0.39, 0.29) is 0 Å². The molecule has 21 heavy (non-hydrogen) atoms. The maximum absolute atomic E-state index is 13.6. The van der Waals surface area contributed by atoms with Crippen molar-refractivity contribution in [2.45, 2.75) is 38.1 Å². The first-order valence-electron chi connectivity index (χ1n) is 6.98. The fourth-order valence-corrected chi connectivity index (χ4v) is 2.73. The van der Waals surface area contributed by atoms with Gasteiger partial charge in [-0.3, -0.25) is 9.59 Å². The van der Waals surface area contributed by atoms with Crippen LogP contribution in [0.15, 0.2) is 18.2 Å². The van der Waals surface area contributed by atoms with Crippen LogP contribution in [0.5, 0.6) is 0 Å². The summed E-state index contributed by atoms with van der Waals surface area (Å²) in [7, 11) is 0. The molecule has 0 saturated heterocycles. The van der Waals surface area contributed by atoms with Gasteiger partial charge in [0.1, 0.15) is 17.2 Å². The SMILES string of the molecule is O=C(NC1CCCCCC1C(=O)O)c1c(F)cccc1F. The number of aliphatic carboxylic acids is 1. The summed E-state index contributed by atoms with van der Waals surface area (Å²) in [5, 5.41) is 11.7. The zero-order valence-corrected chi connectivity index (χ0v) is 11.4. The fourth-order valence-electron chi connectivity index (χ4n) is 2.73. The van der Waals surface area contributed by atoms with Gasteiger partial charge in [0.15, 0.2) is 0 Å². The molecular weight excluding hydrogens is 280 g/mol. The molecule has 1 fully saturated rings. The van der Waals surface area contributed by atoms with E-state index in [4.69, 9.17) is 0 Å². The third kappa shape index (κ3) is 3.56. The summed E-state index contributed by atoms with van der Waals surface area (Å²) in [5.41, 5.74) is -0.661. The molecule has 0 spiro atoms. The van der Waals surface area contributed by atoms with Gasteiger partial charge in [-0.25, -0.2) is 8.78 Å². The van der Waals surface area contributed by atoms with Crippen molar-refractivity contribution in [2.24, 2.45) is 5.92 Å². The topological polar surface area (TPSA) is 66.4 Å². The summed E-state index contributed by atoms with van der Waals surface area (Å²) < 4.78 is 27.1. The highest BCUT2D eigenvalue weighted by Crippen LogP contribution is 2.24. The van der Waals surface area contributed by atoms with E-state index in [2.05, 4.69) is 5.32 Å². The lowest BCUT2D eigenvalue weighted by atomic mass is 9.94. The molecule has 2 N–H and O–H groups in total. The number of nitrogens with one attached hydrogen (secondary N) is 1. The maximum atomic E-state index is 13.6. The van der Waals surface area contributed by atoms with Crippen molar-refractivity contribution < 1.29 is 23.5 Å². The first-order valence-corrected chi connectivity index (χ1v) is 6.98. The van der Waals surface area contributed by atoms with Crippen LogP contribution >= 0.6 is 0 Å². The molecule has 1 amide bonds. The average molecular weight is 297 g/mol. The minimum absolute atomic E-state index is 0.458. The fraction of sp³-hybridized carbons (Fsp3) is 0.467. The van der Waals surface area contributed by atoms with Crippen molar-refractivity contribution in [1.29, 1.82) is 0 Å². The van der Waals surface area contributed by atoms with Gasteiger partial charge in [0.05, 0.1) is 5.92 Å². The number of hydrogen-bond acceptors (Lipinski definition) is 2. The third-order valence-corrected chi connectivity index (χ3v) is 3.84. The zero-order chi connectivity index (χ0) is 15.4. The van der Waals surface area contributed by atoms with Crippen LogP contribution in [0.1, 0.15) is 42.5 Å². The highest BCUT2D eigenvalue weighted by Gasteiger charge is 2.31. The molecule has 1 saturated carbocycles. The number of hydrogen-bond donors (Lipinski definition) is 2. The molecule has 1 aromatic carbocycles. The van der Waals surface area contributed by atoms with E-state index in [0.29, 0.717) is 12.8 Å². The summed E-state index contributed by atoms with van der Waals surface area (Å²) in [4.78, 5) is 23.3. The Morgan fingerprint density at radius 3 is 2.33 bits per heavy atom. The monoisotopic (exact) mass is 297 g/mol. The number of carboxylic acids is 1. The first kappa shape index (κ1) is 15.4. The van der Waals surface area contributed by atoms with Crippen LogP contribution in [0.3, 0.4) is 0 Å². The predicted molar refractivity (Wildman–Crippen MR) is 71.8 cm³/mol. The smallest absolute Gasteiger partial charge is 0.308 e. The van der Waals surface area contributed by atoms with Crippen molar-refractivity contribution in [1.82, 2.24) is 5.32 Å². The Morgan fingerprint density at radius 1 is 1.10 bits per heavy atom. The van der Waals surface area contributed by atoms with E-state index >= 15 is 0 Å². The number of halogens is 2. The lowest BCUT2D eigenvalue weighted by molar-refractivity contribution is -0.142. The van der Waals surface area contributed by atoms with E-state index in [1.807, 2.05) is 0 Å². The van der Waals surface area contributed by atoms with E-state index in [0.717, 1.165) is 31.4 Å². The molecule has 0 radical (unpaired) electrons. The highest BCUT2D eigenvalue weighted by molar-refractivity contribution is 5.95. The molecule has 114 valence electrons. The summed E-state index contributed by atoms with van der Waals surface area (Å²) >= 11 is 0. The van der Waals surface area contributed by atoms with E-state index in [9.17, 15) is 23.5 Å². The molecule has 1 aliphatic rings. The van der Waals surface area contributed by atoms with Gasteiger partial charge in [-0.15, -0.1) is 0 Å². The lowest BCUT2D eigenvalue weighted by Gasteiger charge is -2.23. The van der Waals surface area contributed by atoms with Gasteiger partial charge in [0, 0.05) is 6.04 Å². The number of carboxylic acid groups (broad SMARTS) is 1. The van der Waals surface area contributed by atoms with Crippen molar-refractivity contribution in [3.63, 3.8) is 0 Å². The number of rotatable bonds is 3. The minimum Gasteiger partial charge on any atom is -0.481 e. The molecule has 0 aliphatic heterocycles. The molecule has 2 atom stereocenters. The Bertz CT molecular complexity index is 527. The molecule has 2 rings (SSSR count). The predicted octanol–water partition coefficient (Wildman–Crippen LogP) is 2.73. The van der Waals surface area contributed by atoms with E-state index in [1.165, 1.54) is 6.07 Å². The van der Waals surface area contributed by atoms with Crippen LogP contribution < -0.4 is 5.32 Å². The summed E-state index contributed by atoms with van der Waals surface area (Å²) in [6.45, 7) is 0. The third-order valence-electron chi connectivity index (χ3n) is 3.84. The Morgan fingerprint density at radius 2 is 1.71 bits per heavy atom. The highest BCUT2D eigenvalue weighted by atomic mass is 19.1. The molecule has 4 nitrogen and oxygen atoms in total. The second kappa shape index (κ2) is 6.65. The van der Waals surface area contributed by atoms with Gasteiger partial charge in [-0.05, 0) is 25.0 Å². The van der Waals surface area contributed by atoms with Crippen LogP contribution in [0.4, 0.5) is 8.78 Å². The molecule has 6 heteroatoms. The number of carbonyl (C=O) groups is 2. The summed E-state index contributed by atoms with van der Waals surface area (Å²) in [6, 6.07) is 2.57. The standard InChI is InChI=1S/C15H17F2NO3/c16-10-6-4-7-11(17)13(10)14(19)18-12-8-3-1-2-5-9(12)15(20)21/h4,6-7,9,12H,1-3,5,8H2,(H,18,19)(H,20,21). The maximum Gasteiger partial charge on any atom is 0.308 e. The van der Waals surface area contributed by atoms with Crippen LogP contribution in [0, 0.1) is 17.6 Å². The molecule has 2 unspecified atom stereocenters.